The second-order valence-electron chi connectivity index (χ2n) is 5.52. The number of benzene rings is 1. The quantitative estimate of drug-likeness (QED) is 0.626. The number of methoxy groups -OCH3 is 1. The predicted molar refractivity (Wildman–Crippen MR) is 95.7 cm³/mol. The molecule has 0 fully saturated rings. The van der Waals surface area contributed by atoms with Crippen molar-refractivity contribution in [3.8, 4) is 23.1 Å². The van der Waals surface area contributed by atoms with Crippen molar-refractivity contribution in [1.29, 1.82) is 0 Å². The van der Waals surface area contributed by atoms with E-state index in [0.29, 0.717) is 12.1 Å². The molecule has 0 atom stereocenters. The van der Waals surface area contributed by atoms with Gasteiger partial charge in [0, 0.05) is 11.8 Å². The average Bonchev–Trinajstić information content (AvgIpc) is 2.62. The maximum atomic E-state index is 11.8. The smallest absolute Gasteiger partial charge is 0.339 e. The Morgan fingerprint density at radius 2 is 2.04 bits per heavy atom. The van der Waals surface area contributed by atoms with Crippen molar-refractivity contribution >= 4 is 5.97 Å². The summed E-state index contributed by atoms with van der Waals surface area (Å²) in [4.78, 5) is 18.4. The molecule has 1 heterocycles. The normalized spacial score (nSPS) is 10.2. The molecule has 1 aromatic heterocycles. The highest BCUT2D eigenvalue weighted by molar-refractivity contribution is 5.90. The first-order chi connectivity index (χ1) is 11.7. The van der Waals surface area contributed by atoms with Gasteiger partial charge in [-0.3, -0.25) is 9.88 Å². The topological polar surface area (TPSA) is 42.4 Å². The maximum absolute atomic E-state index is 11.8. The molecule has 0 spiro atoms. The summed E-state index contributed by atoms with van der Waals surface area (Å²) in [6, 6.07) is 11.6. The lowest BCUT2D eigenvalue weighted by molar-refractivity contribution is 0.0600. The lowest BCUT2D eigenvalue weighted by Gasteiger charge is -2.10. The van der Waals surface area contributed by atoms with Gasteiger partial charge in [-0.05, 0) is 26.1 Å². The van der Waals surface area contributed by atoms with Crippen molar-refractivity contribution < 1.29 is 9.53 Å². The van der Waals surface area contributed by atoms with Gasteiger partial charge in [0.1, 0.15) is 0 Å². The number of ether oxygens (including phenoxy) is 1. The van der Waals surface area contributed by atoms with Crippen LogP contribution in [-0.2, 0) is 4.74 Å². The minimum atomic E-state index is -0.409. The minimum Gasteiger partial charge on any atom is -0.465 e. The summed E-state index contributed by atoms with van der Waals surface area (Å²) in [5, 5.41) is 0. The fourth-order valence-electron chi connectivity index (χ4n) is 2.35. The van der Waals surface area contributed by atoms with Crippen LogP contribution in [0.2, 0.25) is 0 Å². The Bertz CT molecular complexity index is 745. The summed E-state index contributed by atoms with van der Waals surface area (Å²) >= 11 is 0. The summed E-state index contributed by atoms with van der Waals surface area (Å²) in [5.74, 6) is 5.91. The first kappa shape index (κ1) is 17.7. The highest BCUT2D eigenvalue weighted by Crippen LogP contribution is 2.21. The second kappa shape index (κ2) is 8.85. The monoisotopic (exact) mass is 322 g/mol. The number of carbonyl (C=O) groups is 1. The van der Waals surface area contributed by atoms with Crippen molar-refractivity contribution in [1.82, 2.24) is 9.88 Å². The molecule has 1 aromatic carbocycles. The molecule has 0 aliphatic heterocycles. The molecular formula is C20H22N2O2. The van der Waals surface area contributed by atoms with E-state index in [2.05, 4.69) is 28.6 Å². The number of aromatic nitrogens is 1. The van der Waals surface area contributed by atoms with Crippen LogP contribution in [0.15, 0.2) is 42.6 Å². The molecule has 0 N–H and O–H groups in total. The maximum Gasteiger partial charge on any atom is 0.339 e. The van der Waals surface area contributed by atoms with Crippen LogP contribution in [0.25, 0.3) is 11.3 Å². The standard InChI is InChI=1S/C20H22N2O2/c1-4-12-22(2)13-8-11-17-14-18(20(23)24-3)15-21-19(17)16-9-6-5-7-10-16/h5-7,9-10,14-15H,4,12-13H2,1-3H3. The molecule has 4 heteroatoms. The summed E-state index contributed by atoms with van der Waals surface area (Å²) in [5.41, 5.74) is 2.88. The Labute approximate surface area is 143 Å². The van der Waals surface area contributed by atoms with Crippen LogP contribution in [0.5, 0.6) is 0 Å². The summed E-state index contributed by atoms with van der Waals surface area (Å²) < 4.78 is 4.78. The largest absolute Gasteiger partial charge is 0.465 e. The van der Waals surface area contributed by atoms with Gasteiger partial charge in [-0.15, -0.1) is 0 Å². The van der Waals surface area contributed by atoms with Gasteiger partial charge in [-0.2, -0.15) is 0 Å². The van der Waals surface area contributed by atoms with E-state index in [1.165, 1.54) is 13.3 Å². The minimum absolute atomic E-state index is 0.406. The van der Waals surface area contributed by atoms with E-state index >= 15 is 0 Å². The van der Waals surface area contributed by atoms with E-state index in [1.807, 2.05) is 37.4 Å². The zero-order valence-corrected chi connectivity index (χ0v) is 14.4. The molecule has 0 unspecified atom stereocenters. The Morgan fingerprint density at radius 3 is 2.71 bits per heavy atom. The van der Waals surface area contributed by atoms with Crippen molar-refractivity contribution in [2.24, 2.45) is 0 Å². The highest BCUT2D eigenvalue weighted by Gasteiger charge is 2.11. The van der Waals surface area contributed by atoms with Crippen LogP contribution in [0.4, 0.5) is 0 Å². The van der Waals surface area contributed by atoms with Crippen LogP contribution in [0, 0.1) is 11.8 Å². The number of esters is 1. The van der Waals surface area contributed by atoms with E-state index in [4.69, 9.17) is 4.74 Å². The molecule has 124 valence electrons. The molecule has 0 saturated heterocycles. The van der Waals surface area contributed by atoms with Crippen LogP contribution in [0.3, 0.4) is 0 Å². The second-order valence-corrected chi connectivity index (χ2v) is 5.52. The number of nitrogens with zero attached hydrogens (tertiary/aromatic N) is 2. The SMILES string of the molecule is CCCN(C)CC#Cc1cc(C(=O)OC)cnc1-c1ccccc1. The Kier molecular flexibility index (Phi) is 6.53. The van der Waals surface area contributed by atoms with Gasteiger partial charge in [-0.1, -0.05) is 49.1 Å². The summed E-state index contributed by atoms with van der Waals surface area (Å²) in [7, 11) is 3.40. The van der Waals surface area contributed by atoms with Crippen molar-refractivity contribution in [2.75, 3.05) is 27.2 Å². The van der Waals surface area contributed by atoms with Gasteiger partial charge < -0.3 is 4.74 Å². The van der Waals surface area contributed by atoms with E-state index in [1.54, 1.807) is 6.07 Å². The van der Waals surface area contributed by atoms with Crippen molar-refractivity contribution in [3.05, 3.63) is 53.7 Å². The van der Waals surface area contributed by atoms with Crippen molar-refractivity contribution in [2.45, 2.75) is 13.3 Å². The highest BCUT2D eigenvalue weighted by atomic mass is 16.5. The average molecular weight is 322 g/mol. The third-order valence-corrected chi connectivity index (χ3v) is 3.53. The molecule has 2 rings (SSSR count). The van der Waals surface area contributed by atoms with Gasteiger partial charge in [0.2, 0.25) is 0 Å². The van der Waals surface area contributed by atoms with Crippen LogP contribution in [-0.4, -0.2) is 43.1 Å². The lowest BCUT2D eigenvalue weighted by atomic mass is 10.0. The van der Waals surface area contributed by atoms with Gasteiger partial charge in [0.25, 0.3) is 0 Å². The molecule has 0 aliphatic carbocycles. The molecule has 0 bridgehead atoms. The van der Waals surface area contributed by atoms with Gasteiger partial charge in [0.05, 0.1) is 30.5 Å². The van der Waals surface area contributed by atoms with Crippen molar-refractivity contribution in [3.63, 3.8) is 0 Å². The lowest BCUT2D eigenvalue weighted by Crippen LogP contribution is -2.19. The summed E-state index contributed by atoms with van der Waals surface area (Å²) in [6.45, 7) is 3.81. The van der Waals surface area contributed by atoms with E-state index in [9.17, 15) is 4.79 Å². The van der Waals surface area contributed by atoms with E-state index in [0.717, 1.165) is 29.8 Å². The number of hydrogen-bond donors (Lipinski definition) is 0. The molecule has 4 nitrogen and oxygen atoms in total. The Balaban J connectivity index is 2.37. The molecule has 0 saturated carbocycles. The molecule has 0 aliphatic rings. The Morgan fingerprint density at radius 1 is 1.29 bits per heavy atom. The van der Waals surface area contributed by atoms with Gasteiger partial charge in [-0.25, -0.2) is 4.79 Å². The zero-order chi connectivity index (χ0) is 17.4. The third kappa shape index (κ3) is 4.68. The van der Waals surface area contributed by atoms with Gasteiger partial charge in [0.15, 0.2) is 0 Å². The molecule has 24 heavy (non-hydrogen) atoms. The number of carbonyl (C=O) groups excluding carboxylic acids is 1. The van der Waals surface area contributed by atoms with E-state index in [-0.39, 0.29) is 0 Å². The number of rotatable bonds is 5. The molecular weight excluding hydrogens is 300 g/mol. The predicted octanol–water partition coefficient (Wildman–Crippen LogP) is 3.23. The van der Waals surface area contributed by atoms with E-state index < -0.39 is 5.97 Å². The molecule has 2 aromatic rings. The van der Waals surface area contributed by atoms with Crippen LogP contribution in [0.1, 0.15) is 29.3 Å². The Hall–Kier alpha value is -2.64. The zero-order valence-electron chi connectivity index (χ0n) is 14.4. The first-order valence-electron chi connectivity index (χ1n) is 7.97. The first-order valence-corrected chi connectivity index (χ1v) is 7.97. The molecule has 0 radical (unpaired) electrons. The van der Waals surface area contributed by atoms with Gasteiger partial charge >= 0.3 is 5.97 Å². The fourth-order valence-corrected chi connectivity index (χ4v) is 2.35. The van der Waals surface area contributed by atoms with Crippen LogP contribution >= 0.6 is 0 Å². The molecule has 0 amide bonds. The number of hydrogen-bond acceptors (Lipinski definition) is 4. The number of pyridine rings is 1. The van der Waals surface area contributed by atoms with Crippen LogP contribution < -0.4 is 0 Å². The fraction of sp³-hybridized carbons (Fsp3) is 0.300. The summed E-state index contributed by atoms with van der Waals surface area (Å²) in [6.07, 6.45) is 2.62. The third-order valence-electron chi connectivity index (χ3n) is 3.53.